The molecule has 0 saturated carbocycles. The van der Waals surface area contributed by atoms with Crippen molar-refractivity contribution in [1.29, 1.82) is 0 Å². The highest BCUT2D eigenvalue weighted by Crippen LogP contribution is 2.29. The molecule has 2 aromatic carbocycles. The molecule has 0 fully saturated rings. The molecule has 170 valence electrons. The lowest BCUT2D eigenvalue weighted by molar-refractivity contribution is -0.0498. The molecule has 0 aliphatic carbocycles. The van der Waals surface area contributed by atoms with E-state index in [1.165, 1.54) is 16.7 Å². The molecule has 0 spiro atoms. The molecule has 4 rings (SSSR count). The first kappa shape index (κ1) is 22.1. The fourth-order valence-electron chi connectivity index (χ4n) is 3.57. The number of halogens is 2. The predicted molar refractivity (Wildman–Crippen MR) is 125 cm³/mol. The van der Waals surface area contributed by atoms with Crippen LogP contribution in [0.5, 0.6) is 11.6 Å². The van der Waals surface area contributed by atoms with E-state index in [0.29, 0.717) is 51.6 Å². The van der Waals surface area contributed by atoms with E-state index in [0.717, 1.165) is 0 Å². The van der Waals surface area contributed by atoms with Gasteiger partial charge in [-0.3, -0.25) is 9.36 Å². The van der Waals surface area contributed by atoms with Crippen molar-refractivity contribution in [2.75, 3.05) is 24.7 Å². The maximum Gasteiger partial charge on any atom is 0.387 e. The SMILES string of the molecule is CCOc1ccc2cn(-c3ccc(N)c(NC)c3)c(=O)c(-c3ccc(OC(F)F)cc3)c2n1. The largest absolute Gasteiger partial charge is 0.478 e. The first-order valence-corrected chi connectivity index (χ1v) is 10.2. The van der Waals surface area contributed by atoms with Crippen LogP contribution in [0.2, 0.25) is 0 Å². The van der Waals surface area contributed by atoms with E-state index in [1.54, 1.807) is 49.6 Å². The number of hydrogen-bond acceptors (Lipinski definition) is 6. The molecule has 0 atom stereocenters. The van der Waals surface area contributed by atoms with Crippen LogP contribution in [0.25, 0.3) is 27.7 Å². The second-order valence-corrected chi connectivity index (χ2v) is 7.12. The van der Waals surface area contributed by atoms with Gasteiger partial charge in [0.05, 0.1) is 34.7 Å². The highest BCUT2D eigenvalue weighted by atomic mass is 19.3. The molecule has 3 N–H and O–H groups in total. The molecule has 0 aliphatic heterocycles. The minimum Gasteiger partial charge on any atom is -0.478 e. The number of anilines is 2. The van der Waals surface area contributed by atoms with Crippen molar-refractivity contribution >= 4 is 22.3 Å². The first-order chi connectivity index (χ1) is 15.9. The number of hydrogen-bond donors (Lipinski definition) is 2. The molecule has 0 bridgehead atoms. The number of nitrogens with zero attached hydrogens (tertiary/aromatic N) is 2. The lowest BCUT2D eigenvalue weighted by Crippen LogP contribution is -2.20. The predicted octanol–water partition coefficient (Wildman–Crippen LogP) is 4.68. The number of pyridine rings is 2. The van der Waals surface area contributed by atoms with E-state index in [4.69, 9.17) is 10.5 Å². The van der Waals surface area contributed by atoms with E-state index < -0.39 is 6.61 Å². The van der Waals surface area contributed by atoms with Gasteiger partial charge in [0.1, 0.15) is 5.75 Å². The lowest BCUT2D eigenvalue weighted by Gasteiger charge is -2.15. The Hall–Kier alpha value is -4.14. The van der Waals surface area contributed by atoms with Gasteiger partial charge in [0.2, 0.25) is 5.88 Å². The fraction of sp³-hybridized carbons (Fsp3) is 0.167. The number of aromatic nitrogens is 2. The summed E-state index contributed by atoms with van der Waals surface area (Å²) in [6, 6.07) is 14.7. The Balaban J connectivity index is 1.96. The summed E-state index contributed by atoms with van der Waals surface area (Å²) in [7, 11) is 1.74. The smallest absolute Gasteiger partial charge is 0.387 e. The molecular weight excluding hydrogens is 430 g/mol. The van der Waals surface area contributed by atoms with Gasteiger partial charge in [-0.05, 0) is 48.9 Å². The van der Waals surface area contributed by atoms with Crippen LogP contribution >= 0.6 is 0 Å². The molecule has 0 radical (unpaired) electrons. The van der Waals surface area contributed by atoms with E-state index in [2.05, 4.69) is 15.0 Å². The summed E-state index contributed by atoms with van der Waals surface area (Å²) >= 11 is 0. The zero-order valence-electron chi connectivity index (χ0n) is 18.0. The van der Waals surface area contributed by atoms with Crippen molar-refractivity contribution in [2.24, 2.45) is 0 Å². The molecule has 2 aromatic heterocycles. The Morgan fingerprint density at radius 2 is 1.88 bits per heavy atom. The average molecular weight is 452 g/mol. The maximum absolute atomic E-state index is 13.7. The van der Waals surface area contributed by atoms with E-state index in [-0.39, 0.29) is 11.3 Å². The van der Waals surface area contributed by atoms with E-state index >= 15 is 0 Å². The van der Waals surface area contributed by atoms with Gasteiger partial charge in [-0.2, -0.15) is 8.78 Å². The van der Waals surface area contributed by atoms with Gasteiger partial charge in [0.15, 0.2) is 0 Å². The van der Waals surface area contributed by atoms with Crippen LogP contribution in [0.4, 0.5) is 20.2 Å². The number of fused-ring (bicyclic) bond motifs is 1. The average Bonchev–Trinajstić information content (AvgIpc) is 2.80. The Bertz CT molecular complexity index is 1350. The lowest BCUT2D eigenvalue weighted by atomic mass is 10.0. The summed E-state index contributed by atoms with van der Waals surface area (Å²) in [5, 5.41) is 3.71. The Kier molecular flexibility index (Phi) is 6.12. The number of alkyl halides is 2. The Morgan fingerprint density at radius 1 is 1.12 bits per heavy atom. The summed E-state index contributed by atoms with van der Waals surface area (Å²) in [6.45, 7) is -0.677. The van der Waals surface area contributed by atoms with Crippen LogP contribution in [0.15, 0.2) is 65.6 Å². The molecule has 0 aliphatic rings. The number of rotatable bonds is 7. The fourth-order valence-corrected chi connectivity index (χ4v) is 3.57. The highest BCUT2D eigenvalue weighted by molar-refractivity contribution is 5.93. The number of nitrogen functional groups attached to an aromatic ring is 1. The second-order valence-electron chi connectivity index (χ2n) is 7.12. The van der Waals surface area contributed by atoms with Gasteiger partial charge in [-0.15, -0.1) is 0 Å². The van der Waals surface area contributed by atoms with Crippen molar-refractivity contribution in [3.63, 3.8) is 0 Å². The van der Waals surface area contributed by atoms with Gasteiger partial charge < -0.3 is 20.5 Å². The number of nitrogens with one attached hydrogen (secondary N) is 1. The molecule has 4 aromatic rings. The van der Waals surface area contributed by atoms with E-state index in [1.807, 2.05) is 13.0 Å². The summed E-state index contributed by atoms with van der Waals surface area (Å²) in [4.78, 5) is 18.2. The minimum absolute atomic E-state index is 0.00512. The Labute approximate surface area is 188 Å². The van der Waals surface area contributed by atoms with Crippen molar-refractivity contribution in [3.8, 4) is 28.4 Å². The van der Waals surface area contributed by atoms with Gasteiger partial charge >= 0.3 is 6.61 Å². The minimum atomic E-state index is -2.94. The van der Waals surface area contributed by atoms with Gasteiger partial charge in [0.25, 0.3) is 5.56 Å². The summed E-state index contributed by atoms with van der Waals surface area (Å²) in [6.07, 6.45) is 1.70. The third-order valence-electron chi connectivity index (χ3n) is 5.08. The van der Waals surface area contributed by atoms with Gasteiger partial charge in [-0.25, -0.2) is 4.98 Å². The van der Waals surface area contributed by atoms with Crippen molar-refractivity contribution in [3.05, 3.63) is 71.1 Å². The quantitative estimate of drug-likeness (QED) is 0.396. The number of benzene rings is 2. The second kappa shape index (κ2) is 9.15. The van der Waals surface area contributed by atoms with Crippen LogP contribution in [0.3, 0.4) is 0 Å². The highest BCUT2D eigenvalue weighted by Gasteiger charge is 2.17. The number of nitrogens with two attached hydrogens (primary N) is 1. The van der Waals surface area contributed by atoms with Crippen LogP contribution in [-0.4, -0.2) is 29.8 Å². The summed E-state index contributed by atoms with van der Waals surface area (Å²) in [5.41, 5.74) is 8.73. The normalized spacial score (nSPS) is 11.1. The number of ether oxygens (including phenoxy) is 2. The third kappa shape index (κ3) is 4.43. The molecule has 7 nitrogen and oxygen atoms in total. The standard InChI is InChI=1S/C24H22F2N4O3/c1-3-32-20-11-6-15-13-30(16-7-10-18(27)19(12-16)28-2)23(31)21(22(15)29-20)14-4-8-17(9-5-14)33-24(25)26/h4-13,24,28H,3,27H2,1-2H3. The monoisotopic (exact) mass is 452 g/mol. The summed E-state index contributed by atoms with van der Waals surface area (Å²) < 4.78 is 36.6. The molecular formula is C24H22F2N4O3. The summed E-state index contributed by atoms with van der Waals surface area (Å²) in [5.74, 6) is 0.375. The van der Waals surface area contributed by atoms with Gasteiger partial charge in [0, 0.05) is 24.7 Å². The van der Waals surface area contributed by atoms with Crippen LogP contribution < -0.4 is 26.1 Å². The van der Waals surface area contributed by atoms with Crippen LogP contribution in [0.1, 0.15) is 6.92 Å². The van der Waals surface area contributed by atoms with Crippen molar-refractivity contribution in [1.82, 2.24) is 9.55 Å². The zero-order chi connectivity index (χ0) is 23.5. The molecule has 2 heterocycles. The van der Waals surface area contributed by atoms with Gasteiger partial charge in [-0.1, -0.05) is 12.1 Å². The molecule has 33 heavy (non-hydrogen) atoms. The van der Waals surface area contributed by atoms with Crippen molar-refractivity contribution in [2.45, 2.75) is 13.5 Å². The molecule has 0 saturated heterocycles. The van der Waals surface area contributed by atoms with Crippen LogP contribution in [0, 0.1) is 0 Å². The maximum atomic E-state index is 13.7. The topological polar surface area (TPSA) is 91.4 Å². The Morgan fingerprint density at radius 3 is 2.55 bits per heavy atom. The first-order valence-electron chi connectivity index (χ1n) is 10.2. The molecule has 9 heteroatoms. The van der Waals surface area contributed by atoms with Crippen LogP contribution in [-0.2, 0) is 0 Å². The van der Waals surface area contributed by atoms with Crippen molar-refractivity contribution < 1.29 is 18.3 Å². The third-order valence-corrected chi connectivity index (χ3v) is 5.08. The van der Waals surface area contributed by atoms with E-state index in [9.17, 15) is 13.6 Å². The molecule has 0 amide bonds. The zero-order valence-corrected chi connectivity index (χ0v) is 18.0. The molecule has 0 unspecified atom stereocenters.